The van der Waals surface area contributed by atoms with Crippen molar-refractivity contribution in [3.63, 3.8) is 0 Å². The number of rotatable bonds is 4. The van der Waals surface area contributed by atoms with E-state index in [9.17, 15) is 20.2 Å². The fraction of sp³-hybridized carbons (Fsp3) is 0. The molecule has 12 heteroatoms. The molecule has 0 fully saturated rings. The van der Waals surface area contributed by atoms with Crippen LogP contribution in [0.25, 0.3) is 0 Å². The van der Waals surface area contributed by atoms with Crippen molar-refractivity contribution < 1.29 is 32.0 Å². The molecular weight excluding hydrogens is 252 g/mol. The molecule has 83 valence electrons. The van der Waals surface area contributed by atoms with Crippen molar-refractivity contribution in [1.29, 1.82) is 0 Å². The van der Waals surface area contributed by atoms with Gasteiger partial charge < -0.3 is 4.84 Å². The van der Waals surface area contributed by atoms with Crippen LogP contribution in [0.4, 0.5) is 0 Å². The van der Waals surface area contributed by atoms with Crippen molar-refractivity contribution in [3.8, 4) is 0 Å². The Morgan fingerprint density at radius 3 is 2.57 bits per heavy atom. The van der Waals surface area contributed by atoms with E-state index in [2.05, 4.69) is 4.84 Å². The van der Waals surface area contributed by atoms with Crippen LogP contribution in [-0.2, 0) is 21.9 Å². The second-order valence-electron chi connectivity index (χ2n) is 1.77. The van der Waals surface area contributed by atoms with Gasteiger partial charge in [0.05, 0.1) is 0 Å². The van der Waals surface area contributed by atoms with E-state index in [4.69, 9.17) is 0 Å². The van der Waals surface area contributed by atoms with E-state index < -0.39 is 10.1 Å². The van der Waals surface area contributed by atoms with Crippen LogP contribution in [-0.4, -0.2) is 15.2 Å². The SMILES string of the molecule is O=[N+]([O-])NC1=CONN1N[N+](=O)[O-].[Cu]. The molecule has 1 radical (unpaired) electrons. The standard InChI is InChI=1S/C2H4N6O5.Cu/c9-7(10)3-2-1-13-5-6(2)4-8(11)12;/h1,3-5H;. The van der Waals surface area contributed by atoms with E-state index >= 15 is 0 Å². The van der Waals surface area contributed by atoms with Crippen LogP contribution in [0, 0.1) is 20.2 Å². The number of nitro groups is 2. The third-order valence-electron chi connectivity index (χ3n) is 0.943. The third-order valence-corrected chi connectivity index (χ3v) is 0.943. The molecular formula is C2H4CuN6O5. The molecule has 0 atom stereocenters. The smallest absolute Gasteiger partial charge is 0.247 e. The summed E-state index contributed by atoms with van der Waals surface area (Å²) in [6, 6.07) is 0. The van der Waals surface area contributed by atoms with E-state index in [1.807, 2.05) is 5.59 Å². The second kappa shape index (κ2) is 5.06. The summed E-state index contributed by atoms with van der Waals surface area (Å²) in [5.74, 6) is -0.248. The van der Waals surface area contributed by atoms with Crippen molar-refractivity contribution in [3.05, 3.63) is 32.3 Å². The summed E-state index contributed by atoms with van der Waals surface area (Å²) >= 11 is 0. The van der Waals surface area contributed by atoms with Gasteiger partial charge in [-0.3, -0.25) is 0 Å². The van der Waals surface area contributed by atoms with Gasteiger partial charge in [-0.05, 0) is 11.1 Å². The van der Waals surface area contributed by atoms with Gasteiger partial charge in [-0.25, -0.2) is 20.2 Å². The Morgan fingerprint density at radius 1 is 1.43 bits per heavy atom. The van der Waals surface area contributed by atoms with Crippen LogP contribution in [0.1, 0.15) is 0 Å². The molecule has 0 saturated carbocycles. The molecule has 1 aliphatic rings. The average Bonchev–Trinajstić information content (AvgIpc) is 2.34. The summed E-state index contributed by atoms with van der Waals surface area (Å²) in [4.78, 5) is 24.2. The van der Waals surface area contributed by atoms with Crippen molar-refractivity contribution in [1.82, 2.24) is 21.7 Å². The maximum atomic E-state index is 9.93. The Labute approximate surface area is 86.7 Å². The molecule has 0 amide bonds. The molecule has 1 aliphatic heterocycles. The van der Waals surface area contributed by atoms with Gasteiger partial charge in [0.1, 0.15) is 0 Å². The normalized spacial score (nSPS) is 13.4. The summed E-state index contributed by atoms with van der Waals surface area (Å²) in [6.45, 7) is 0. The summed E-state index contributed by atoms with van der Waals surface area (Å²) in [5.41, 5.74) is 5.20. The number of hydrazine groups is 4. The molecule has 0 aromatic carbocycles. The molecule has 0 saturated heterocycles. The minimum absolute atomic E-state index is 0. The first kappa shape index (κ1) is 12.2. The van der Waals surface area contributed by atoms with Crippen LogP contribution in [0.3, 0.4) is 0 Å². The Bertz CT molecular complexity index is 267. The first-order valence-electron chi connectivity index (χ1n) is 2.83. The predicted molar refractivity (Wildman–Crippen MR) is 34.4 cm³/mol. The van der Waals surface area contributed by atoms with E-state index in [-0.39, 0.29) is 22.9 Å². The van der Waals surface area contributed by atoms with Crippen molar-refractivity contribution in [2.75, 3.05) is 0 Å². The minimum atomic E-state index is -0.919. The Balaban J connectivity index is 0.00000169. The van der Waals surface area contributed by atoms with E-state index in [1.165, 1.54) is 0 Å². The molecule has 0 aromatic heterocycles. The summed E-state index contributed by atoms with van der Waals surface area (Å²) in [5, 5.41) is 18.6. The van der Waals surface area contributed by atoms with Gasteiger partial charge in [0.25, 0.3) is 0 Å². The minimum Gasteiger partial charge on any atom is -0.391 e. The van der Waals surface area contributed by atoms with Crippen LogP contribution in [0.5, 0.6) is 0 Å². The zero-order valence-corrected chi connectivity index (χ0v) is 7.20. The summed E-state index contributed by atoms with van der Waals surface area (Å²) < 4.78 is 0. The number of nitrogens with zero attached hydrogens (tertiary/aromatic N) is 3. The fourth-order valence-electron chi connectivity index (χ4n) is 0.563. The van der Waals surface area contributed by atoms with E-state index in [0.717, 1.165) is 6.26 Å². The van der Waals surface area contributed by atoms with Crippen LogP contribution in [0.15, 0.2) is 12.1 Å². The molecule has 14 heavy (non-hydrogen) atoms. The van der Waals surface area contributed by atoms with Gasteiger partial charge in [-0.2, -0.15) is 0 Å². The third kappa shape index (κ3) is 3.30. The van der Waals surface area contributed by atoms with Crippen molar-refractivity contribution in [2.45, 2.75) is 0 Å². The molecule has 11 nitrogen and oxygen atoms in total. The largest absolute Gasteiger partial charge is 0.391 e. The van der Waals surface area contributed by atoms with Gasteiger partial charge in [-0.1, -0.05) is 5.43 Å². The van der Waals surface area contributed by atoms with Gasteiger partial charge >= 0.3 is 0 Å². The van der Waals surface area contributed by atoms with E-state index in [0.29, 0.717) is 5.12 Å². The number of nitrogens with one attached hydrogen (secondary N) is 3. The quantitative estimate of drug-likeness (QED) is 0.296. The number of hydrogen-bond acceptors (Lipinski definition) is 7. The zero-order chi connectivity index (χ0) is 9.84. The van der Waals surface area contributed by atoms with Gasteiger partial charge in [0, 0.05) is 17.1 Å². The van der Waals surface area contributed by atoms with Gasteiger partial charge in [0.2, 0.25) is 5.82 Å². The summed E-state index contributed by atoms with van der Waals surface area (Å²) in [7, 11) is 0. The second-order valence-corrected chi connectivity index (χ2v) is 1.77. The molecule has 1 heterocycles. The molecule has 0 bridgehead atoms. The Morgan fingerprint density at radius 2 is 2.07 bits per heavy atom. The van der Waals surface area contributed by atoms with Crippen LogP contribution >= 0.6 is 0 Å². The Kier molecular flexibility index (Phi) is 4.42. The maximum absolute atomic E-state index is 9.93. The summed E-state index contributed by atoms with van der Waals surface area (Å²) in [6.07, 6.45) is 0.888. The first-order valence-corrected chi connectivity index (χ1v) is 2.83. The predicted octanol–water partition coefficient (Wildman–Crippen LogP) is -1.99. The van der Waals surface area contributed by atoms with Crippen molar-refractivity contribution in [2.24, 2.45) is 0 Å². The first-order chi connectivity index (χ1) is 6.09. The molecule has 3 N–H and O–H groups in total. The molecule has 0 aromatic rings. The molecule has 0 aliphatic carbocycles. The monoisotopic (exact) mass is 255 g/mol. The van der Waals surface area contributed by atoms with Crippen LogP contribution < -0.4 is 16.5 Å². The molecule has 0 spiro atoms. The Hall–Kier alpha value is -1.78. The van der Waals surface area contributed by atoms with Gasteiger partial charge in [0.15, 0.2) is 16.3 Å². The van der Waals surface area contributed by atoms with Gasteiger partial charge in [-0.15, -0.1) is 5.12 Å². The average molecular weight is 256 g/mol. The van der Waals surface area contributed by atoms with E-state index in [1.54, 1.807) is 11.0 Å². The maximum Gasteiger partial charge on any atom is 0.247 e. The van der Waals surface area contributed by atoms with Crippen LogP contribution in [0.2, 0.25) is 0 Å². The zero-order valence-electron chi connectivity index (χ0n) is 6.26. The fourth-order valence-corrected chi connectivity index (χ4v) is 0.563. The number of hydrogen-bond donors (Lipinski definition) is 3. The molecule has 1 rings (SSSR count). The molecule has 0 unspecified atom stereocenters. The topological polar surface area (TPSA) is 135 Å². The van der Waals surface area contributed by atoms with Crippen molar-refractivity contribution >= 4 is 0 Å².